The van der Waals surface area contributed by atoms with E-state index in [1.807, 2.05) is 0 Å². The topological polar surface area (TPSA) is 141 Å². The molecular formula is C20H25ClFN5O6. The van der Waals surface area contributed by atoms with E-state index in [1.54, 1.807) is 6.92 Å². The minimum absolute atomic E-state index is 0.0317. The fourth-order valence-electron chi connectivity index (χ4n) is 4.17. The van der Waals surface area contributed by atoms with Crippen LogP contribution in [-0.4, -0.2) is 55.5 Å². The molecule has 180 valence electrons. The van der Waals surface area contributed by atoms with Gasteiger partial charge in [0.15, 0.2) is 29.3 Å². The summed E-state index contributed by atoms with van der Waals surface area (Å²) < 4.78 is 34.4. The largest absolute Gasteiger partial charge is 0.460 e. The van der Waals surface area contributed by atoms with Gasteiger partial charge in [0.25, 0.3) is 0 Å². The number of anilines is 1. The highest BCUT2D eigenvalue weighted by Gasteiger charge is 2.53. The van der Waals surface area contributed by atoms with Gasteiger partial charge in [0.1, 0.15) is 17.7 Å². The summed E-state index contributed by atoms with van der Waals surface area (Å²) in [6.07, 6.45) is -4.86. The number of fused-ring (bicyclic) bond motifs is 1. The van der Waals surface area contributed by atoms with Crippen molar-refractivity contribution >= 4 is 40.7 Å². The Morgan fingerprint density at radius 2 is 2.00 bits per heavy atom. The van der Waals surface area contributed by atoms with E-state index >= 15 is 4.39 Å². The minimum atomic E-state index is -1.88. The number of carbonyl (C=O) groups excluding carboxylic acids is 2. The summed E-state index contributed by atoms with van der Waals surface area (Å²) in [6, 6.07) is 0. The van der Waals surface area contributed by atoms with Crippen LogP contribution < -0.4 is 11.4 Å². The molecule has 0 amide bonds. The van der Waals surface area contributed by atoms with Crippen LogP contribution in [0.25, 0.3) is 11.2 Å². The predicted octanol–water partition coefficient (Wildman–Crippen LogP) is 1.75. The third-order valence-corrected chi connectivity index (χ3v) is 6.02. The minimum Gasteiger partial charge on any atom is -0.460 e. The number of esters is 2. The maximum Gasteiger partial charge on any atom is 0.332 e. The second kappa shape index (κ2) is 8.90. The van der Waals surface area contributed by atoms with E-state index in [2.05, 4.69) is 9.97 Å². The van der Waals surface area contributed by atoms with Gasteiger partial charge in [-0.25, -0.2) is 13.8 Å². The molecule has 5 atom stereocenters. The molecule has 0 spiro atoms. The molecule has 33 heavy (non-hydrogen) atoms. The monoisotopic (exact) mass is 485 g/mol. The van der Waals surface area contributed by atoms with Gasteiger partial charge in [0.05, 0.1) is 0 Å². The van der Waals surface area contributed by atoms with Gasteiger partial charge in [-0.1, -0.05) is 18.5 Å². The number of nitrogens with two attached hydrogens (primary N) is 1. The molecular weight excluding hydrogens is 461 g/mol. The number of hydrogen-bond acceptors (Lipinski definition) is 9. The van der Waals surface area contributed by atoms with Crippen LogP contribution in [0.2, 0.25) is 5.15 Å². The van der Waals surface area contributed by atoms with Crippen molar-refractivity contribution in [1.29, 1.82) is 0 Å². The van der Waals surface area contributed by atoms with Crippen LogP contribution in [0.5, 0.6) is 0 Å². The van der Waals surface area contributed by atoms with Crippen LogP contribution >= 0.6 is 11.6 Å². The molecule has 3 heterocycles. The maximum atomic E-state index is 15.6. The predicted molar refractivity (Wildman–Crippen MR) is 114 cm³/mol. The third kappa shape index (κ3) is 4.41. The van der Waals surface area contributed by atoms with E-state index in [9.17, 15) is 14.4 Å². The molecule has 11 nitrogen and oxygen atoms in total. The molecule has 13 heteroatoms. The summed E-state index contributed by atoms with van der Waals surface area (Å²) >= 11 is 6.31. The smallest absolute Gasteiger partial charge is 0.332 e. The Bertz CT molecular complexity index is 1150. The fourth-order valence-corrected chi connectivity index (χ4v) is 4.45. The molecule has 1 unspecified atom stereocenters. The van der Waals surface area contributed by atoms with Crippen LogP contribution in [0.4, 0.5) is 10.3 Å². The van der Waals surface area contributed by atoms with Gasteiger partial charge in [-0.2, -0.15) is 9.97 Å². The van der Waals surface area contributed by atoms with Crippen molar-refractivity contribution in [3.05, 3.63) is 15.6 Å². The highest BCUT2D eigenvalue weighted by atomic mass is 35.5. The Hall–Kier alpha value is -2.73. The van der Waals surface area contributed by atoms with Gasteiger partial charge in [-0.15, -0.1) is 0 Å². The van der Waals surface area contributed by atoms with Crippen molar-refractivity contribution < 1.29 is 28.2 Å². The van der Waals surface area contributed by atoms with E-state index in [-0.39, 0.29) is 28.7 Å². The summed E-state index contributed by atoms with van der Waals surface area (Å²) in [5.41, 5.74) is 5.47. The van der Waals surface area contributed by atoms with Crippen LogP contribution in [-0.2, 0) is 30.3 Å². The lowest BCUT2D eigenvalue weighted by atomic mass is 10.0. The number of imidazole rings is 1. The first kappa shape index (κ1) is 23.4. The van der Waals surface area contributed by atoms with Crippen LogP contribution in [0.3, 0.4) is 0 Å². The lowest BCUT2D eigenvalue weighted by Gasteiger charge is -2.23. The van der Waals surface area contributed by atoms with Crippen LogP contribution in [0.1, 0.15) is 46.3 Å². The summed E-state index contributed by atoms with van der Waals surface area (Å²) in [6.45, 7) is 4.38. The maximum absolute atomic E-state index is 15.6. The lowest BCUT2D eigenvalue weighted by Crippen LogP contribution is -2.39. The zero-order chi connectivity index (χ0) is 24.0. The Labute approximate surface area is 192 Å². The third-order valence-electron chi connectivity index (χ3n) is 5.76. The normalized spacial score (nSPS) is 25.8. The van der Waals surface area contributed by atoms with E-state index in [0.29, 0.717) is 12.5 Å². The van der Waals surface area contributed by atoms with Gasteiger partial charge in [-0.3, -0.25) is 14.2 Å². The first-order valence-electron chi connectivity index (χ1n) is 10.7. The number of aromatic nitrogens is 4. The molecule has 1 saturated heterocycles. The molecule has 0 radical (unpaired) electrons. The van der Waals surface area contributed by atoms with Gasteiger partial charge < -0.3 is 19.9 Å². The Morgan fingerprint density at radius 1 is 1.30 bits per heavy atom. The molecule has 1 aliphatic carbocycles. The number of carbonyl (C=O) groups is 2. The van der Waals surface area contributed by atoms with E-state index in [0.717, 1.165) is 24.3 Å². The van der Waals surface area contributed by atoms with Crippen molar-refractivity contribution in [1.82, 2.24) is 19.1 Å². The van der Waals surface area contributed by atoms with Crippen molar-refractivity contribution in [2.24, 2.45) is 5.92 Å². The lowest BCUT2D eigenvalue weighted by molar-refractivity contribution is -0.159. The number of halogens is 2. The number of hydrogen-bond donors (Lipinski definition) is 1. The first-order chi connectivity index (χ1) is 15.6. The van der Waals surface area contributed by atoms with Crippen LogP contribution in [0.15, 0.2) is 4.79 Å². The summed E-state index contributed by atoms with van der Waals surface area (Å²) in [7, 11) is 0. The van der Waals surface area contributed by atoms with Crippen LogP contribution in [0, 0.1) is 5.92 Å². The van der Waals surface area contributed by atoms with E-state index in [4.69, 9.17) is 31.5 Å². The highest BCUT2D eigenvalue weighted by Crippen LogP contribution is 2.39. The van der Waals surface area contributed by atoms with E-state index < -0.39 is 48.3 Å². The van der Waals surface area contributed by atoms with Gasteiger partial charge in [-0.05, 0) is 25.2 Å². The van der Waals surface area contributed by atoms with Gasteiger partial charge >= 0.3 is 17.6 Å². The zero-order valence-corrected chi connectivity index (χ0v) is 19.1. The number of nitrogens with zero attached hydrogens (tertiary/aromatic N) is 4. The molecule has 2 aromatic heterocycles. The van der Waals surface area contributed by atoms with Crippen molar-refractivity contribution in [2.75, 3.05) is 5.73 Å². The molecule has 2 aliphatic rings. The van der Waals surface area contributed by atoms with E-state index in [1.165, 1.54) is 11.5 Å². The Balaban J connectivity index is 1.85. The highest BCUT2D eigenvalue weighted by molar-refractivity contribution is 6.33. The molecule has 0 aromatic carbocycles. The number of alkyl halides is 1. The van der Waals surface area contributed by atoms with Gasteiger partial charge in [0, 0.05) is 20.4 Å². The SMILES string of the molecule is CCC(OC(C)=O)[C@H]1O[C@@H](n2c(=O)n(CC3CC3)c3c(Cl)nc(N)nc32)[C@H](OC(C)=O)[C@H]1F. The molecule has 2 fully saturated rings. The molecule has 1 aliphatic heterocycles. The second-order valence-corrected chi connectivity index (χ2v) is 8.68. The summed E-state index contributed by atoms with van der Waals surface area (Å²) in [4.78, 5) is 44.9. The first-order valence-corrected chi connectivity index (χ1v) is 11.1. The molecule has 1 saturated carbocycles. The number of ether oxygens (including phenoxy) is 3. The Kier molecular flexibility index (Phi) is 6.32. The van der Waals surface area contributed by atoms with Crippen molar-refractivity contribution in [3.63, 3.8) is 0 Å². The summed E-state index contributed by atoms with van der Waals surface area (Å²) in [5.74, 6) is -1.28. The molecule has 0 bridgehead atoms. The van der Waals surface area contributed by atoms with Gasteiger partial charge in [0.2, 0.25) is 5.95 Å². The Morgan fingerprint density at radius 3 is 2.58 bits per heavy atom. The number of rotatable bonds is 7. The standard InChI is InChI=1S/C20H25ClFN5O6/c1-4-11(31-8(2)28)14-12(22)15(32-9(3)29)18(33-14)27-17-13(16(21)24-19(23)25-17)26(20(27)30)7-10-5-6-10/h10-12,14-15,18H,4-7H2,1-3H3,(H2,23,24,25)/t11?,12-,14+,15+,18+/m0/s1. The second-order valence-electron chi connectivity index (χ2n) is 8.32. The zero-order valence-electron chi connectivity index (χ0n) is 18.4. The number of nitrogen functional groups attached to an aromatic ring is 1. The average Bonchev–Trinajstić information content (AvgIpc) is 3.44. The molecule has 2 aromatic rings. The molecule has 2 N–H and O–H groups in total. The quantitative estimate of drug-likeness (QED) is 0.458. The fraction of sp³-hybridized carbons (Fsp3) is 0.650. The molecule has 4 rings (SSSR count). The summed E-state index contributed by atoms with van der Waals surface area (Å²) in [5, 5.41) is -0.0317. The van der Waals surface area contributed by atoms with Crippen molar-refractivity contribution in [3.8, 4) is 0 Å². The average molecular weight is 486 g/mol. The van der Waals surface area contributed by atoms with Crippen molar-refractivity contribution in [2.45, 2.75) is 77.3 Å².